The molecule has 1 aliphatic carbocycles. The summed E-state index contributed by atoms with van der Waals surface area (Å²) in [5.41, 5.74) is 5.27. The minimum atomic E-state index is -1.09. The maximum atomic E-state index is 12.3. The van der Waals surface area contributed by atoms with Gasteiger partial charge in [0, 0.05) is 25.6 Å². The molecule has 12 heteroatoms. The Morgan fingerprint density at radius 1 is 1.14 bits per heavy atom. The van der Waals surface area contributed by atoms with E-state index >= 15 is 0 Å². The number of rotatable bonds is 7. The second kappa shape index (κ2) is 11.4. The Morgan fingerprint density at radius 2 is 1.79 bits per heavy atom. The Balaban J connectivity index is 0.00000420. The van der Waals surface area contributed by atoms with Crippen molar-refractivity contribution >= 4 is 42.1 Å². The number of guanidine groups is 1. The molecular weight excluding hydrogens is 404 g/mol. The van der Waals surface area contributed by atoms with Crippen molar-refractivity contribution in [1.29, 1.82) is 5.41 Å². The van der Waals surface area contributed by atoms with Crippen LogP contribution >= 0.6 is 12.4 Å². The Kier molecular flexibility index (Phi) is 9.66. The number of carboxylic acid groups (broad SMARTS) is 1. The van der Waals surface area contributed by atoms with Crippen molar-refractivity contribution < 1.29 is 24.3 Å². The quantitative estimate of drug-likeness (QED) is 0.242. The lowest BCUT2D eigenvalue weighted by atomic mass is 9.81. The van der Waals surface area contributed by atoms with Crippen molar-refractivity contribution in [2.75, 3.05) is 39.3 Å². The lowest BCUT2D eigenvalue weighted by molar-refractivity contribution is -0.150. The van der Waals surface area contributed by atoms with Gasteiger partial charge in [-0.15, -0.1) is 12.4 Å². The first kappa shape index (κ1) is 24.5. The number of halogens is 1. The van der Waals surface area contributed by atoms with Crippen LogP contribution in [0.1, 0.15) is 25.7 Å². The molecule has 11 nitrogen and oxygen atoms in total. The van der Waals surface area contributed by atoms with Crippen molar-refractivity contribution in [2.24, 2.45) is 17.6 Å². The molecule has 0 spiro atoms. The number of amides is 3. The molecule has 0 aromatic rings. The smallest absolute Gasteiger partial charge is 0.323 e. The third-order valence-corrected chi connectivity index (χ3v) is 5.21. The Labute approximate surface area is 175 Å². The first-order valence-electron chi connectivity index (χ1n) is 9.39. The number of aliphatic carboxylic acids is 1. The first-order valence-corrected chi connectivity index (χ1v) is 9.39. The van der Waals surface area contributed by atoms with Gasteiger partial charge in [0.1, 0.15) is 6.54 Å². The summed E-state index contributed by atoms with van der Waals surface area (Å²) in [5.74, 6) is -1.84. The number of nitrogens with zero attached hydrogens (tertiary/aromatic N) is 2. The third-order valence-electron chi connectivity index (χ3n) is 5.21. The van der Waals surface area contributed by atoms with Gasteiger partial charge >= 0.3 is 5.97 Å². The fourth-order valence-electron chi connectivity index (χ4n) is 3.55. The lowest BCUT2D eigenvalue weighted by Gasteiger charge is -2.33. The van der Waals surface area contributed by atoms with Gasteiger partial charge < -0.3 is 31.3 Å². The van der Waals surface area contributed by atoms with E-state index < -0.39 is 11.9 Å². The number of carbonyl (C=O) groups is 4. The molecule has 6 N–H and O–H groups in total. The number of nitrogens with two attached hydrogens (primary N) is 1. The molecule has 1 saturated carbocycles. The highest BCUT2D eigenvalue weighted by molar-refractivity contribution is 5.90. The van der Waals surface area contributed by atoms with Gasteiger partial charge in [-0.2, -0.15) is 0 Å². The first-order chi connectivity index (χ1) is 13.3. The van der Waals surface area contributed by atoms with Gasteiger partial charge in [0.15, 0.2) is 5.96 Å². The van der Waals surface area contributed by atoms with E-state index in [0.29, 0.717) is 12.5 Å². The van der Waals surface area contributed by atoms with Crippen LogP contribution in [0.25, 0.3) is 0 Å². The summed E-state index contributed by atoms with van der Waals surface area (Å²) >= 11 is 0. The predicted molar refractivity (Wildman–Crippen MR) is 106 cm³/mol. The summed E-state index contributed by atoms with van der Waals surface area (Å²) in [7, 11) is 0. The molecule has 3 amide bonds. The van der Waals surface area contributed by atoms with Crippen LogP contribution in [0, 0.1) is 17.2 Å². The van der Waals surface area contributed by atoms with E-state index in [4.69, 9.17) is 16.2 Å². The molecule has 0 radical (unpaired) electrons. The van der Waals surface area contributed by atoms with Gasteiger partial charge in [-0.05, 0) is 31.6 Å². The average molecular weight is 433 g/mol. The van der Waals surface area contributed by atoms with E-state index in [1.165, 1.54) is 9.80 Å². The lowest BCUT2D eigenvalue weighted by Crippen LogP contribution is -2.55. The topological polar surface area (TPSA) is 169 Å². The highest BCUT2D eigenvalue weighted by Gasteiger charge is 2.30. The highest BCUT2D eigenvalue weighted by atomic mass is 35.5. The fraction of sp³-hybridized carbons (Fsp3) is 0.706. The molecule has 0 aromatic carbocycles. The summed E-state index contributed by atoms with van der Waals surface area (Å²) in [6, 6.07) is 0. The monoisotopic (exact) mass is 432 g/mol. The molecule has 29 heavy (non-hydrogen) atoms. The Bertz CT molecular complexity index is 638. The average Bonchev–Trinajstić information content (AvgIpc) is 2.65. The van der Waals surface area contributed by atoms with Gasteiger partial charge in [-0.3, -0.25) is 24.6 Å². The predicted octanol–water partition coefficient (Wildman–Crippen LogP) is -1.43. The summed E-state index contributed by atoms with van der Waals surface area (Å²) in [6.45, 7) is 0.338. The normalized spacial score (nSPS) is 21.7. The van der Waals surface area contributed by atoms with Crippen molar-refractivity contribution in [3.63, 3.8) is 0 Å². The van der Waals surface area contributed by atoms with E-state index in [1.807, 2.05) is 0 Å². The van der Waals surface area contributed by atoms with Crippen LogP contribution in [0.5, 0.6) is 0 Å². The molecule has 164 valence electrons. The van der Waals surface area contributed by atoms with Crippen LogP contribution in [0.3, 0.4) is 0 Å². The number of carboxylic acids is 1. The second-order valence-corrected chi connectivity index (χ2v) is 7.25. The largest absolute Gasteiger partial charge is 0.480 e. The standard InChI is InChI=1S/C17H28N6O5.ClH/c18-17(19)21-7-11-1-3-12(4-2-11)16(28)20-8-13(24)22-5-6-23(10-15(26)27)14(25)9-22;/h11-12H,1-10H2,(H,20,28)(H,26,27)(H4,18,19,21);1H/t11-,12-;. The minimum Gasteiger partial charge on any atom is -0.480 e. The van der Waals surface area contributed by atoms with Gasteiger partial charge in [-0.25, -0.2) is 0 Å². The van der Waals surface area contributed by atoms with E-state index in [1.54, 1.807) is 0 Å². The third kappa shape index (κ3) is 7.76. The zero-order valence-corrected chi connectivity index (χ0v) is 17.0. The van der Waals surface area contributed by atoms with Crippen LogP contribution in [0.15, 0.2) is 0 Å². The second-order valence-electron chi connectivity index (χ2n) is 7.25. The van der Waals surface area contributed by atoms with Crippen LogP contribution < -0.4 is 16.4 Å². The summed E-state index contributed by atoms with van der Waals surface area (Å²) < 4.78 is 0. The van der Waals surface area contributed by atoms with E-state index in [9.17, 15) is 19.2 Å². The summed E-state index contributed by atoms with van der Waals surface area (Å²) in [6.07, 6.45) is 3.14. The number of carbonyl (C=O) groups excluding carboxylic acids is 3. The van der Waals surface area contributed by atoms with Crippen LogP contribution in [-0.2, 0) is 19.2 Å². The van der Waals surface area contributed by atoms with Gasteiger partial charge in [0.05, 0.1) is 13.1 Å². The van der Waals surface area contributed by atoms with Crippen molar-refractivity contribution in [1.82, 2.24) is 20.4 Å². The fourth-order valence-corrected chi connectivity index (χ4v) is 3.55. The van der Waals surface area contributed by atoms with Crippen molar-refractivity contribution in [3.05, 3.63) is 0 Å². The molecule has 2 fully saturated rings. The molecule has 0 atom stereocenters. The molecule has 1 aliphatic heterocycles. The van der Waals surface area contributed by atoms with Crippen LogP contribution in [0.4, 0.5) is 0 Å². The Hall–Kier alpha value is -2.56. The molecule has 2 aliphatic rings. The van der Waals surface area contributed by atoms with E-state index in [2.05, 4.69) is 10.6 Å². The van der Waals surface area contributed by atoms with Crippen LogP contribution in [0.2, 0.25) is 0 Å². The van der Waals surface area contributed by atoms with Crippen LogP contribution in [-0.4, -0.2) is 83.8 Å². The number of piperazine rings is 1. The molecule has 0 aromatic heterocycles. The maximum Gasteiger partial charge on any atom is 0.323 e. The summed E-state index contributed by atoms with van der Waals surface area (Å²) in [5, 5.41) is 21.4. The van der Waals surface area contributed by atoms with E-state index in [-0.39, 0.29) is 68.8 Å². The molecule has 1 saturated heterocycles. The van der Waals surface area contributed by atoms with E-state index in [0.717, 1.165) is 25.7 Å². The molecule has 1 heterocycles. The zero-order valence-electron chi connectivity index (χ0n) is 16.2. The number of hydrogen-bond acceptors (Lipinski definition) is 5. The Morgan fingerprint density at radius 3 is 2.34 bits per heavy atom. The highest BCUT2D eigenvalue weighted by Crippen LogP contribution is 2.28. The summed E-state index contributed by atoms with van der Waals surface area (Å²) in [4.78, 5) is 49.7. The molecule has 0 unspecified atom stereocenters. The molecule has 2 rings (SSSR count). The van der Waals surface area contributed by atoms with Gasteiger partial charge in [-0.1, -0.05) is 0 Å². The van der Waals surface area contributed by atoms with Crippen molar-refractivity contribution in [2.45, 2.75) is 25.7 Å². The molecular formula is C17H29ClN6O5. The molecule has 0 bridgehead atoms. The minimum absolute atomic E-state index is 0. The SMILES string of the molecule is Cl.N=C(N)NC[C@H]1CC[C@H](C(=O)NCC(=O)N2CCN(CC(=O)O)C(=O)C2)CC1. The van der Waals surface area contributed by atoms with Crippen molar-refractivity contribution in [3.8, 4) is 0 Å². The maximum absolute atomic E-state index is 12.3. The number of nitrogens with one attached hydrogen (secondary N) is 3. The van der Waals surface area contributed by atoms with Gasteiger partial charge in [0.25, 0.3) is 0 Å². The number of hydrogen-bond donors (Lipinski definition) is 5. The van der Waals surface area contributed by atoms with Gasteiger partial charge in [0.2, 0.25) is 17.7 Å². The zero-order chi connectivity index (χ0) is 20.7.